The van der Waals surface area contributed by atoms with Gasteiger partial charge < -0.3 is 10.5 Å². The van der Waals surface area contributed by atoms with Crippen LogP contribution in [-0.2, 0) is 10.0 Å². The Balaban J connectivity index is 3.00. The number of nitrogens with two attached hydrogens (primary N) is 1. The van der Waals surface area contributed by atoms with Crippen molar-refractivity contribution in [3.05, 3.63) is 18.2 Å². The number of nitrogens with one attached hydrogen (secondary N) is 1. The van der Waals surface area contributed by atoms with Crippen molar-refractivity contribution in [2.75, 3.05) is 24.9 Å². The second-order valence-corrected chi connectivity index (χ2v) is 6.68. The smallest absolute Gasteiger partial charge is 0.242 e. The molecule has 0 radical (unpaired) electrons. The molecule has 0 aliphatic rings. The van der Waals surface area contributed by atoms with E-state index >= 15 is 0 Å². The minimum absolute atomic E-state index is 0.0906. The van der Waals surface area contributed by atoms with Crippen LogP contribution in [0.15, 0.2) is 23.1 Å². The van der Waals surface area contributed by atoms with E-state index in [1.54, 1.807) is 17.8 Å². The maximum Gasteiger partial charge on any atom is 0.242 e. The first-order valence-electron chi connectivity index (χ1n) is 5.89. The molecule has 3 N–H and O–H groups in total. The number of methoxy groups -OCH3 is 1. The lowest BCUT2D eigenvalue weighted by Gasteiger charge is -2.17. The third kappa shape index (κ3) is 4.29. The highest BCUT2D eigenvalue weighted by Crippen LogP contribution is 2.24. The van der Waals surface area contributed by atoms with E-state index in [9.17, 15) is 8.42 Å². The number of nitrogen functional groups attached to an aromatic ring is 1. The summed E-state index contributed by atoms with van der Waals surface area (Å²) >= 11 is 1.60. The molecule has 1 aromatic rings. The van der Waals surface area contributed by atoms with E-state index in [0.717, 1.165) is 12.2 Å². The van der Waals surface area contributed by atoms with Crippen molar-refractivity contribution >= 4 is 27.5 Å². The molecule has 1 atom stereocenters. The zero-order valence-electron chi connectivity index (χ0n) is 11.3. The Hall–Kier alpha value is -0.920. The summed E-state index contributed by atoms with van der Waals surface area (Å²) in [5.41, 5.74) is 5.96. The van der Waals surface area contributed by atoms with Crippen molar-refractivity contribution < 1.29 is 13.2 Å². The van der Waals surface area contributed by atoms with Crippen LogP contribution in [0.1, 0.15) is 13.3 Å². The van der Waals surface area contributed by atoms with Gasteiger partial charge in [-0.25, -0.2) is 13.1 Å². The molecule has 0 saturated carbocycles. The number of thioether (sulfide) groups is 1. The fraction of sp³-hybridized carbons (Fsp3) is 0.500. The van der Waals surface area contributed by atoms with Crippen molar-refractivity contribution in [3.63, 3.8) is 0 Å². The van der Waals surface area contributed by atoms with Crippen LogP contribution < -0.4 is 15.2 Å². The fourth-order valence-electron chi connectivity index (χ4n) is 1.62. The number of hydrogen-bond donors (Lipinski definition) is 2. The molecular weight excluding hydrogens is 284 g/mol. The lowest BCUT2D eigenvalue weighted by Crippen LogP contribution is -2.36. The summed E-state index contributed by atoms with van der Waals surface area (Å²) in [5, 5.41) is 0. The van der Waals surface area contributed by atoms with Crippen molar-refractivity contribution in [3.8, 4) is 5.75 Å². The average Bonchev–Trinajstić information content (AvgIpc) is 2.37. The molecule has 0 fully saturated rings. The zero-order chi connectivity index (χ0) is 14.5. The minimum Gasteiger partial charge on any atom is -0.497 e. The molecule has 0 aromatic heterocycles. The fourth-order valence-corrected chi connectivity index (χ4v) is 3.88. The Morgan fingerprint density at radius 2 is 2.16 bits per heavy atom. The Morgan fingerprint density at radius 1 is 1.47 bits per heavy atom. The van der Waals surface area contributed by atoms with Gasteiger partial charge in [0.15, 0.2) is 0 Å². The van der Waals surface area contributed by atoms with Gasteiger partial charge >= 0.3 is 0 Å². The van der Waals surface area contributed by atoms with Gasteiger partial charge in [0.2, 0.25) is 10.0 Å². The maximum absolute atomic E-state index is 12.3. The van der Waals surface area contributed by atoms with E-state index in [0.29, 0.717) is 5.75 Å². The highest BCUT2D eigenvalue weighted by atomic mass is 32.2. The van der Waals surface area contributed by atoms with Gasteiger partial charge in [-0.3, -0.25) is 0 Å². The molecule has 1 unspecified atom stereocenters. The highest BCUT2D eigenvalue weighted by Gasteiger charge is 2.21. The van der Waals surface area contributed by atoms with Crippen molar-refractivity contribution in [2.45, 2.75) is 24.3 Å². The monoisotopic (exact) mass is 304 g/mol. The Kier molecular flexibility index (Phi) is 5.96. The lowest BCUT2D eigenvalue weighted by molar-refractivity contribution is 0.414. The number of hydrogen-bond acceptors (Lipinski definition) is 5. The third-order valence-corrected chi connectivity index (χ3v) is 5.02. The molecule has 7 heteroatoms. The maximum atomic E-state index is 12.3. The van der Waals surface area contributed by atoms with Crippen LogP contribution in [0.2, 0.25) is 0 Å². The largest absolute Gasteiger partial charge is 0.497 e. The predicted molar refractivity (Wildman–Crippen MR) is 80.2 cm³/mol. The van der Waals surface area contributed by atoms with Crippen molar-refractivity contribution in [1.29, 1.82) is 0 Å². The third-order valence-electron chi connectivity index (χ3n) is 2.69. The van der Waals surface area contributed by atoms with Gasteiger partial charge in [0.25, 0.3) is 0 Å². The summed E-state index contributed by atoms with van der Waals surface area (Å²) in [5.74, 6) is 1.26. The highest BCUT2D eigenvalue weighted by molar-refractivity contribution is 7.98. The summed E-state index contributed by atoms with van der Waals surface area (Å²) in [7, 11) is -2.09. The van der Waals surface area contributed by atoms with Crippen molar-refractivity contribution in [1.82, 2.24) is 4.72 Å². The molecule has 1 aromatic carbocycles. The van der Waals surface area contributed by atoms with Crippen LogP contribution in [-0.4, -0.2) is 33.6 Å². The standard InChI is InChI=1S/C12H20N2O3S2/c1-4-9(8-18-3)14-19(15,16)12-6-5-10(17-2)7-11(12)13/h5-7,9,14H,4,8,13H2,1-3H3. The number of ether oxygens (including phenoxy) is 1. The van der Waals surface area contributed by atoms with Gasteiger partial charge in [-0.05, 0) is 24.8 Å². The lowest BCUT2D eigenvalue weighted by atomic mass is 10.3. The number of anilines is 1. The van der Waals surface area contributed by atoms with Gasteiger partial charge in [0, 0.05) is 17.9 Å². The molecule has 1 rings (SSSR count). The van der Waals surface area contributed by atoms with Crippen molar-refractivity contribution in [2.24, 2.45) is 0 Å². The van der Waals surface area contributed by atoms with Crippen LogP contribution in [0.25, 0.3) is 0 Å². The molecule has 0 aliphatic heterocycles. The molecule has 0 bridgehead atoms. The summed E-state index contributed by atoms with van der Waals surface area (Å²) in [6.45, 7) is 1.95. The molecule has 108 valence electrons. The molecule has 0 amide bonds. The van der Waals surface area contributed by atoms with Crippen LogP contribution >= 0.6 is 11.8 Å². The first kappa shape index (κ1) is 16.1. The molecule has 5 nitrogen and oxygen atoms in total. The molecular formula is C12H20N2O3S2. The summed E-state index contributed by atoms with van der Waals surface area (Å²) in [6.07, 6.45) is 2.68. The van der Waals surface area contributed by atoms with Gasteiger partial charge in [-0.15, -0.1) is 0 Å². The van der Waals surface area contributed by atoms with Gasteiger partial charge in [-0.1, -0.05) is 6.92 Å². The van der Waals surface area contributed by atoms with Crippen LogP contribution in [0.5, 0.6) is 5.75 Å². The molecule has 0 saturated heterocycles. The number of sulfonamides is 1. The Morgan fingerprint density at radius 3 is 2.63 bits per heavy atom. The van der Waals surface area contributed by atoms with Crippen LogP contribution in [0.4, 0.5) is 5.69 Å². The minimum atomic E-state index is -3.59. The van der Waals surface area contributed by atoms with Gasteiger partial charge in [-0.2, -0.15) is 11.8 Å². The Bertz CT molecular complexity index is 518. The number of rotatable bonds is 7. The van der Waals surface area contributed by atoms with E-state index in [-0.39, 0.29) is 16.6 Å². The molecule has 0 aliphatic carbocycles. The first-order chi connectivity index (χ1) is 8.94. The zero-order valence-corrected chi connectivity index (χ0v) is 13.0. The van der Waals surface area contributed by atoms with Gasteiger partial charge in [0.1, 0.15) is 10.6 Å². The Labute approximate surface area is 119 Å². The second kappa shape index (κ2) is 7.02. The molecule has 19 heavy (non-hydrogen) atoms. The summed E-state index contributed by atoms with van der Waals surface area (Å²) in [4.78, 5) is 0.0906. The predicted octanol–water partition coefficient (Wildman–Crippen LogP) is 1.70. The second-order valence-electron chi connectivity index (χ2n) is 4.09. The summed E-state index contributed by atoms with van der Waals surface area (Å²) in [6, 6.07) is 4.45. The molecule has 0 heterocycles. The first-order valence-corrected chi connectivity index (χ1v) is 8.77. The normalized spacial score (nSPS) is 13.2. The topological polar surface area (TPSA) is 81.4 Å². The van der Waals surface area contributed by atoms with Crippen LogP contribution in [0.3, 0.4) is 0 Å². The van der Waals surface area contributed by atoms with E-state index in [1.165, 1.54) is 19.2 Å². The number of benzene rings is 1. The van der Waals surface area contributed by atoms with E-state index in [4.69, 9.17) is 10.5 Å². The SMILES string of the molecule is CCC(CSC)NS(=O)(=O)c1ccc(OC)cc1N. The summed E-state index contributed by atoms with van der Waals surface area (Å²) < 4.78 is 32.2. The van der Waals surface area contributed by atoms with E-state index in [1.807, 2.05) is 13.2 Å². The van der Waals surface area contributed by atoms with Gasteiger partial charge in [0.05, 0.1) is 12.8 Å². The quantitative estimate of drug-likeness (QED) is 0.749. The van der Waals surface area contributed by atoms with Crippen LogP contribution in [0, 0.1) is 0 Å². The van der Waals surface area contributed by atoms with E-state index in [2.05, 4.69) is 4.72 Å². The molecule has 0 spiro atoms. The van der Waals surface area contributed by atoms with E-state index < -0.39 is 10.0 Å². The average molecular weight is 304 g/mol.